The van der Waals surface area contributed by atoms with Gasteiger partial charge in [0.15, 0.2) is 5.96 Å². The number of nitrogens with zero attached hydrogens (tertiary/aromatic N) is 2. The molecule has 15 heavy (non-hydrogen) atoms. The largest absolute Gasteiger partial charge is 0.359 e. The van der Waals surface area contributed by atoms with Crippen LogP contribution in [0.25, 0.3) is 0 Å². The van der Waals surface area contributed by atoms with Gasteiger partial charge in [0.1, 0.15) is 0 Å². The van der Waals surface area contributed by atoms with Gasteiger partial charge in [-0.25, -0.2) is 4.98 Å². The van der Waals surface area contributed by atoms with Gasteiger partial charge in [0.2, 0.25) is 0 Å². The molecule has 1 heterocycles. The molecule has 0 saturated heterocycles. The predicted molar refractivity (Wildman–Crippen MR) is 65.6 cm³/mol. The highest BCUT2D eigenvalue weighted by molar-refractivity contribution is 7.11. The topological polar surface area (TPSA) is 49.3 Å². The van der Waals surface area contributed by atoms with Gasteiger partial charge < -0.3 is 10.6 Å². The molecule has 0 aromatic carbocycles. The first-order valence-corrected chi connectivity index (χ1v) is 5.93. The Hall–Kier alpha value is -1.10. The number of aryl methyl sites for hydroxylation is 1. The molecule has 0 radical (unpaired) electrons. The number of nitrogens with one attached hydrogen (secondary N) is 2. The van der Waals surface area contributed by atoms with E-state index in [0.29, 0.717) is 0 Å². The van der Waals surface area contributed by atoms with Crippen molar-refractivity contribution in [2.24, 2.45) is 4.99 Å². The highest BCUT2D eigenvalue weighted by Gasteiger charge is 2.00. The zero-order chi connectivity index (χ0) is 11.1. The van der Waals surface area contributed by atoms with Gasteiger partial charge in [-0.1, -0.05) is 6.92 Å². The van der Waals surface area contributed by atoms with Crippen molar-refractivity contribution in [1.82, 2.24) is 15.6 Å². The fraction of sp³-hybridized carbons (Fsp3) is 0.600. The summed E-state index contributed by atoms with van der Waals surface area (Å²) in [5.41, 5.74) is 0. The maximum absolute atomic E-state index is 4.35. The molecular formula is C10H18N4S. The zero-order valence-electron chi connectivity index (χ0n) is 9.50. The van der Waals surface area contributed by atoms with Gasteiger partial charge in [0, 0.05) is 38.1 Å². The van der Waals surface area contributed by atoms with Crippen LogP contribution in [-0.2, 0) is 12.8 Å². The summed E-state index contributed by atoms with van der Waals surface area (Å²) >= 11 is 1.79. The molecule has 5 heteroatoms. The number of hydrogen-bond donors (Lipinski definition) is 2. The average Bonchev–Trinajstić information content (AvgIpc) is 2.72. The van der Waals surface area contributed by atoms with E-state index in [0.717, 1.165) is 25.3 Å². The quantitative estimate of drug-likeness (QED) is 0.596. The minimum atomic E-state index is 0.822. The molecule has 0 atom stereocenters. The van der Waals surface area contributed by atoms with E-state index in [1.807, 2.05) is 13.2 Å². The average molecular weight is 226 g/mol. The van der Waals surface area contributed by atoms with Crippen LogP contribution < -0.4 is 10.6 Å². The monoisotopic (exact) mass is 226 g/mol. The van der Waals surface area contributed by atoms with Crippen LogP contribution in [0.15, 0.2) is 11.2 Å². The highest BCUT2D eigenvalue weighted by Crippen LogP contribution is 2.13. The summed E-state index contributed by atoms with van der Waals surface area (Å²) < 4.78 is 0. The first-order valence-electron chi connectivity index (χ1n) is 5.12. The molecule has 0 fully saturated rings. The van der Waals surface area contributed by atoms with E-state index in [-0.39, 0.29) is 0 Å². The lowest BCUT2D eigenvalue weighted by Gasteiger charge is -2.06. The minimum Gasteiger partial charge on any atom is -0.359 e. The Morgan fingerprint density at radius 2 is 2.40 bits per heavy atom. The molecule has 1 rings (SSSR count). The molecule has 1 aromatic heterocycles. The molecule has 0 aliphatic heterocycles. The lowest BCUT2D eigenvalue weighted by Crippen LogP contribution is -2.35. The molecule has 0 aliphatic carbocycles. The van der Waals surface area contributed by atoms with Gasteiger partial charge in [-0.3, -0.25) is 4.99 Å². The van der Waals surface area contributed by atoms with Crippen molar-refractivity contribution in [3.05, 3.63) is 16.1 Å². The first-order chi connectivity index (χ1) is 7.30. The molecule has 0 saturated carbocycles. The summed E-state index contributed by atoms with van der Waals surface area (Å²) in [6.45, 7) is 3.02. The number of rotatable bonds is 4. The van der Waals surface area contributed by atoms with Gasteiger partial charge in [-0.15, -0.1) is 11.3 Å². The first kappa shape index (κ1) is 12.0. The summed E-state index contributed by atoms with van der Waals surface area (Å²) in [6, 6.07) is 0. The predicted octanol–water partition coefficient (Wildman–Crippen LogP) is 1.04. The van der Waals surface area contributed by atoms with E-state index >= 15 is 0 Å². The Morgan fingerprint density at radius 1 is 1.60 bits per heavy atom. The van der Waals surface area contributed by atoms with Gasteiger partial charge in [0.05, 0.1) is 5.01 Å². The van der Waals surface area contributed by atoms with Crippen molar-refractivity contribution in [3.8, 4) is 0 Å². The summed E-state index contributed by atoms with van der Waals surface area (Å²) in [7, 11) is 3.62. The number of aliphatic imine (C=N–C) groups is 1. The van der Waals surface area contributed by atoms with Crippen LogP contribution in [0.4, 0.5) is 0 Å². The molecule has 4 nitrogen and oxygen atoms in total. The number of aromatic nitrogens is 1. The van der Waals surface area contributed by atoms with Crippen LogP contribution >= 0.6 is 11.3 Å². The fourth-order valence-electron chi connectivity index (χ4n) is 1.19. The van der Waals surface area contributed by atoms with Gasteiger partial charge in [-0.2, -0.15) is 0 Å². The van der Waals surface area contributed by atoms with E-state index < -0.39 is 0 Å². The Kier molecular flexibility index (Phi) is 5.10. The molecule has 0 unspecified atom stereocenters. The van der Waals surface area contributed by atoms with Crippen LogP contribution in [0.3, 0.4) is 0 Å². The molecular weight excluding hydrogens is 208 g/mol. The van der Waals surface area contributed by atoms with E-state index in [9.17, 15) is 0 Å². The van der Waals surface area contributed by atoms with Crippen LogP contribution in [0, 0.1) is 0 Å². The van der Waals surface area contributed by atoms with Crippen molar-refractivity contribution in [2.45, 2.75) is 19.8 Å². The second kappa shape index (κ2) is 6.40. The van der Waals surface area contributed by atoms with Crippen molar-refractivity contribution >= 4 is 17.3 Å². The highest BCUT2D eigenvalue weighted by atomic mass is 32.1. The molecule has 0 aliphatic rings. The van der Waals surface area contributed by atoms with E-state index in [2.05, 4.69) is 27.5 Å². The van der Waals surface area contributed by atoms with E-state index in [4.69, 9.17) is 0 Å². The van der Waals surface area contributed by atoms with Crippen LogP contribution in [-0.4, -0.2) is 31.6 Å². The number of hydrogen-bond acceptors (Lipinski definition) is 3. The number of guanidine groups is 1. The molecule has 0 bridgehead atoms. The third-order valence-corrected chi connectivity index (χ3v) is 3.24. The van der Waals surface area contributed by atoms with Crippen molar-refractivity contribution < 1.29 is 0 Å². The SMILES string of the molecule is CCc1cnc(CCNC(=NC)NC)s1. The van der Waals surface area contributed by atoms with Crippen LogP contribution in [0.1, 0.15) is 16.8 Å². The summed E-state index contributed by atoms with van der Waals surface area (Å²) in [6.07, 6.45) is 3.99. The Balaban J connectivity index is 2.31. The maximum Gasteiger partial charge on any atom is 0.190 e. The Bertz CT molecular complexity index is 319. The van der Waals surface area contributed by atoms with E-state index in [1.165, 1.54) is 9.88 Å². The third kappa shape index (κ3) is 3.87. The normalized spacial score (nSPS) is 11.5. The van der Waals surface area contributed by atoms with Gasteiger partial charge >= 0.3 is 0 Å². The van der Waals surface area contributed by atoms with Crippen molar-refractivity contribution in [2.75, 3.05) is 20.6 Å². The smallest absolute Gasteiger partial charge is 0.190 e. The zero-order valence-corrected chi connectivity index (χ0v) is 10.3. The summed E-state index contributed by atoms with van der Waals surface area (Å²) in [5.74, 6) is 0.822. The minimum absolute atomic E-state index is 0.822. The Labute approximate surface area is 94.8 Å². The van der Waals surface area contributed by atoms with Crippen molar-refractivity contribution in [3.63, 3.8) is 0 Å². The second-order valence-corrected chi connectivity index (χ2v) is 4.27. The molecule has 1 aromatic rings. The van der Waals surface area contributed by atoms with Crippen LogP contribution in [0.2, 0.25) is 0 Å². The fourth-order valence-corrected chi connectivity index (χ4v) is 2.06. The lowest BCUT2D eigenvalue weighted by molar-refractivity contribution is 0.829. The van der Waals surface area contributed by atoms with Gasteiger partial charge in [-0.05, 0) is 6.42 Å². The van der Waals surface area contributed by atoms with Crippen LogP contribution in [0.5, 0.6) is 0 Å². The molecule has 0 spiro atoms. The molecule has 84 valence electrons. The lowest BCUT2D eigenvalue weighted by atomic mass is 10.4. The summed E-state index contributed by atoms with van der Waals surface area (Å²) in [5, 5.41) is 7.36. The van der Waals surface area contributed by atoms with Crippen molar-refractivity contribution in [1.29, 1.82) is 0 Å². The number of thiazole rings is 1. The third-order valence-electron chi connectivity index (χ3n) is 2.04. The van der Waals surface area contributed by atoms with E-state index in [1.54, 1.807) is 18.4 Å². The molecule has 2 N–H and O–H groups in total. The Morgan fingerprint density at radius 3 is 2.93 bits per heavy atom. The molecule has 0 amide bonds. The van der Waals surface area contributed by atoms with Gasteiger partial charge in [0.25, 0.3) is 0 Å². The summed E-state index contributed by atoms with van der Waals surface area (Å²) in [4.78, 5) is 9.74. The maximum atomic E-state index is 4.35. The standard InChI is InChI=1S/C10H18N4S/c1-4-8-7-14-9(15-8)5-6-13-10(11-2)12-3/h7H,4-6H2,1-3H3,(H2,11,12,13). The second-order valence-electron chi connectivity index (χ2n) is 3.07.